The number of rotatable bonds is 5. The summed E-state index contributed by atoms with van der Waals surface area (Å²) in [5, 5.41) is 3.47. The molecule has 3 heteroatoms. The van der Waals surface area contributed by atoms with Crippen LogP contribution in [0.1, 0.15) is 27.7 Å². The topological polar surface area (TPSA) is 18.5 Å². The molecule has 0 saturated carbocycles. The Balaban J connectivity index is 2.19. The Kier molecular flexibility index (Phi) is 5.58. The average molecular weight is 213 g/mol. The smallest absolute Gasteiger partial charge is 0.0166 e. The van der Waals surface area contributed by atoms with Crippen molar-refractivity contribution in [2.75, 3.05) is 39.3 Å². The Morgan fingerprint density at radius 1 is 1.07 bits per heavy atom. The normalized spacial score (nSPS) is 22.2. The van der Waals surface area contributed by atoms with E-state index in [4.69, 9.17) is 0 Å². The number of hydrogen-bond donors (Lipinski definition) is 1. The van der Waals surface area contributed by atoms with Crippen LogP contribution in [-0.2, 0) is 0 Å². The molecule has 1 unspecified atom stereocenters. The van der Waals surface area contributed by atoms with Crippen LogP contribution in [0, 0.1) is 0 Å². The van der Waals surface area contributed by atoms with Gasteiger partial charge in [0.25, 0.3) is 0 Å². The molecule has 1 heterocycles. The molecule has 1 fully saturated rings. The van der Waals surface area contributed by atoms with E-state index in [1.807, 2.05) is 0 Å². The molecule has 0 amide bonds. The molecule has 0 aliphatic carbocycles. The molecule has 1 rings (SSSR count). The Morgan fingerprint density at radius 3 is 2.13 bits per heavy atom. The Hall–Kier alpha value is -0.120. The van der Waals surface area contributed by atoms with Gasteiger partial charge in [-0.05, 0) is 27.3 Å². The zero-order valence-electron chi connectivity index (χ0n) is 10.8. The van der Waals surface area contributed by atoms with Crippen LogP contribution in [0.2, 0.25) is 0 Å². The summed E-state index contributed by atoms with van der Waals surface area (Å²) >= 11 is 0. The molecule has 1 aliphatic heterocycles. The molecular formula is C12H27N3. The summed E-state index contributed by atoms with van der Waals surface area (Å²) in [7, 11) is 0. The van der Waals surface area contributed by atoms with Crippen molar-refractivity contribution in [3.63, 3.8) is 0 Å². The van der Waals surface area contributed by atoms with Gasteiger partial charge in [0, 0.05) is 44.8 Å². The van der Waals surface area contributed by atoms with Crippen molar-refractivity contribution in [2.24, 2.45) is 0 Å². The number of likely N-dealkylation sites (N-methyl/N-ethyl adjacent to an activating group) is 1. The second kappa shape index (κ2) is 6.46. The lowest BCUT2D eigenvalue weighted by Crippen LogP contribution is -2.51. The molecule has 90 valence electrons. The maximum absolute atomic E-state index is 3.47. The van der Waals surface area contributed by atoms with E-state index in [-0.39, 0.29) is 0 Å². The van der Waals surface area contributed by atoms with Gasteiger partial charge in [0.05, 0.1) is 0 Å². The van der Waals surface area contributed by atoms with Crippen LogP contribution in [0.3, 0.4) is 0 Å². The summed E-state index contributed by atoms with van der Waals surface area (Å²) in [5.41, 5.74) is 0. The lowest BCUT2D eigenvalue weighted by molar-refractivity contribution is 0.103. The molecule has 15 heavy (non-hydrogen) atoms. The maximum atomic E-state index is 3.47. The average Bonchev–Trinajstić information content (AvgIpc) is 2.18. The Morgan fingerprint density at radius 2 is 1.67 bits per heavy atom. The third-order valence-corrected chi connectivity index (χ3v) is 3.22. The minimum absolute atomic E-state index is 0.626. The van der Waals surface area contributed by atoms with Crippen LogP contribution in [0.5, 0.6) is 0 Å². The van der Waals surface area contributed by atoms with E-state index in [0.29, 0.717) is 12.1 Å². The van der Waals surface area contributed by atoms with Crippen LogP contribution >= 0.6 is 0 Å². The van der Waals surface area contributed by atoms with Crippen LogP contribution in [-0.4, -0.2) is 61.2 Å². The number of piperazine rings is 1. The van der Waals surface area contributed by atoms with Gasteiger partial charge in [-0.15, -0.1) is 0 Å². The second-order valence-electron chi connectivity index (χ2n) is 4.89. The number of hydrogen-bond acceptors (Lipinski definition) is 3. The summed E-state index contributed by atoms with van der Waals surface area (Å²) in [4.78, 5) is 5.14. The number of nitrogens with zero attached hydrogens (tertiary/aromatic N) is 2. The van der Waals surface area contributed by atoms with Crippen LogP contribution < -0.4 is 5.32 Å². The highest BCUT2D eigenvalue weighted by Crippen LogP contribution is 2.05. The molecule has 0 aromatic rings. The van der Waals surface area contributed by atoms with Crippen molar-refractivity contribution >= 4 is 0 Å². The molecule has 0 radical (unpaired) electrons. The molecule has 0 aromatic carbocycles. The van der Waals surface area contributed by atoms with Crippen molar-refractivity contribution in [1.29, 1.82) is 0 Å². The van der Waals surface area contributed by atoms with Gasteiger partial charge >= 0.3 is 0 Å². The highest BCUT2D eigenvalue weighted by Gasteiger charge is 2.19. The van der Waals surface area contributed by atoms with Gasteiger partial charge in [0.2, 0.25) is 0 Å². The molecule has 0 spiro atoms. The second-order valence-corrected chi connectivity index (χ2v) is 4.89. The first kappa shape index (κ1) is 12.9. The highest BCUT2D eigenvalue weighted by atomic mass is 15.3. The molecule has 1 aliphatic rings. The lowest BCUT2D eigenvalue weighted by Gasteiger charge is -2.38. The Labute approximate surface area is 94.8 Å². The van der Waals surface area contributed by atoms with Crippen LogP contribution in [0.4, 0.5) is 0 Å². The number of nitrogens with one attached hydrogen (secondary N) is 1. The van der Waals surface area contributed by atoms with Crippen molar-refractivity contribution in [3.05, 3.63) is 0 Å². The van der Waals surface area contributed by atoms with E-state index in [1.54, 1.807) is 0 Å². The Bertz CT molecular complexity index is 162. The van der Waals surface area contributed by atoms with E-state index < -0.39 is 0 Å². The van der Waals surface area contributed by atoms with Gasteiger partial charge < -0.3 is 5.32 Å². The first-order valence-electron chi connectivity index (χ1n) is 6.33. The fourth-order valence-corrected chi connectivity index (χ4v) is 2.26. The molecule has 1 N–H and O–H groups in total. The summed E-state index contributed by atoms with van der Waals surface area (Å²) in [5.74, 6) is 0. The van der Waals surface area contributed by atoms with Crippen molar-refractivity contribution in [3.8, 4) is 0 Å². The molecular weight excluding hydrogens is 186 g/mol. The van der Waals surface area contributed by atoms with Gasteiger partial charge in [-0.3, -0.25) is 9.80 Å². The molecule has 3 nitrogen and oxygen atoms in total. The van der Waals surface area contributed by atoms with Gasteiger partial charge in [-0.25, -0.2) is 0 Å². The predicted octanol–water partition coefficient (Wildman–Crippen LogP) is 1.01. The van der Waals surface area contributed by atoms with E-state index in [0.717, 1.165) is 6.54 Å². The molecule has 0 aromatic heterocycles. The minimum Gasteiger partial charge on any atom is -0.313 e. The summed E-state index contributed by atoms with van der Waals surface area (Å²) < 4.78 is 0. The fourth-order valence-electron chi connectivity index (χ4n) is 2.26. The fraction of sp³-hybridized carbons (Fsp3) is 1.00. The van der Waals surface area contributed by atoms with E-state index >= 15 is 0 Å². The van der Waals surface area contributed by atoms with E-state index in [2.05, 4.69) is 42.8 Å². The van der Waals surface area contributed by atoms with Gasteiger partial charge in [-0.2, -0.15) is 0 Å². The predicted molar refractivity (Wildman–Crippen MR) is 66.3 cm³/mol. The maximum Gasteiger partial charge on any atom is 0.0166 e. The summed E-state index contributed by atoms with van der Waals surface area (Å²) in [6.45, 7) is 16.2. The largest absolute Gasteiger partial charge is 0.313 e. The molecule has 0 bridgehead atoms. The minimum atomic E-state index is 0.626. The first-order valence-corrected chi connectivity index (χ1v) is 6.33. The quantitative estimate of drug-likeness (QED) is 0.735. The van der Waals surface area contributed by atoms with Gasteiger partial charge in [-0.1, -0.05) is 6.92 Å². The van der Waals surface area contributed by atoms with E-state index in [1.165, 1.54) is 32.7 Å². The van der Waals surface area contributed by atoms with Gasteiger partial charge in [0.1, 0.15) is 0 Å². The van der Waals surface area contributed by atoms with Crippen LogP contribution in [0.15, 0.2) is 0 Å². The zero-order valence-corrected chi connectivity index (χ0v) is 10.8. The van der Waals surface area contributed by atoms with Gasteiger partial charge in [0.15, 0.2) is 0 Å². The zero-order chi connectivity index (χ0) is 11.3. The van der Waals surface area contributed by atoms with E-state index in [9.17, 15) is 0 Å². The third kappa shape index (κ3) is 4.49. The molecule has 1 saturated heterocycles. The van der Waals surface area contributed by atoms with Crippen molar-refractivity contribution in [2.45, 2.75) is 39.8 Å². The highest BCUT2D eigenvalue weighted by molar-refractivity contribution is 4.76. The first-order chi connectivity index (χ1) is 7.13. The SMILES string of the molecule is CCNC(C)CN1CCN(C(C)C)CC1. The van der Waals surface area contributed by atoms with Crippen LogP contribution in [0.25, 0.3) is 0 Å². The van der Waals surface area contributed by atoms with Crippen molar-refractivity contribution < 1.29 is 0 Å². The van der Waals surface area contributed by atoms with Crippen molar-refractivity contribution in [1.82, 2.24) is 15.1 Å². The lowest BCUT2D eigenvalue weighted by atomic mass is 10.2. The third-order valence-electron chi connectivity index (χ3n) is 3.22. The standard InChI is InChI=1S/C12H27N3/c1-5-13-12(4)10-14-6-8-15(9-7-14)11(2)3/h11-13H,5-10H2,1-4H3. The summed E-state index contributed by atoms with van der Waals surface area (Å²) in [6.07, 6.45) is 0. The molecule has 1 atom stereocenters. The summed E-state index contributed by atoms with van der Waals surface area (Å²) in [6, 6.07) is 1.33. The monoisotopic (exact) mass is 213 g/mol.